The monoisotopic (exact) mass is 380 g/mol. The van der Waals surface area contributed by atoms with Crippen molar-refractivity contribution in [1.29, 1.82) is 0 Å². The predicted octanol–water partition coefficient (Wildman–Crippen LogP) is 3.50. The highest BCUT2D eigenvalue weighted by atomic mass is 19.1. The lowest BCUT2D eigenvalue weighted by molar-refractivity contribution is 0.575. The Morgan fingerprint density at radius 3 is 3.14 bits per heavy atom. The van der Waals surface area contributed by atoms with Gasteiger partial charge in [-0.15, -0.1) is 0 Å². The molecule has 0 amide bonds. The van der Waals surface area contributed by atoms with Crippen LogP contribution in [0, 0.1) is 5.82 Å². The number of anilines is 1. The summed E-state index contributed by atoms with van der Waals surface area (Å²) in [7, 11) is 0. The Kier molecular flexibility index (Phi) is 3.53. The number of hydrogen-bond acceptors (Lipinski definition) is 5. The third kappa shape index (κ3) is 2.82. The molecule has 2 atom stereocenters. The van der Waals surface area contributed by atoms with E-state index >= 15 is 0 Å². The first-order valence-corrected chi connectivity index (χ1v) is 9.57. The van der Waals surface area contributed by atoms with Gasteiger partial charge in [0.25, 0.3) is 0 Å². The molecule has 2 aliphatic heterocycles. The molecule has 2 aliphatic rings. The van der Waals surface area contributed by atoms with Crippen molar-refractivity contribution in [1.82, 2.24) is 24.9 Å². The van der Waals surface area contributed by atoms with Gasteiger partial charge in [-0.25, -0.2) is 13.9 Å². The molecule has 0 radical (unpaired) electrons. The first-order chi connectivity index (χ1) is 14.3. The second-order valence-electron chi connectivity index (χ2n) is 7.45. The summed E-state index contributed by atoms with van der Waals surface area (Å²) in [5.74, 6) is 0.0820. The molecule has 5 rings (SSSR count). The lowest BCUT2D eigenvalue weighted by Crippen LogP contribution is -2.26. The minimum Gasteiger partial charge on any atom is -0.382 e. The van der Waals surface area contributed by atoms with E-state index in [1.54, 1.807) is 27.9 Å². The number of fused-ring (bicyclic) bond motifs is 5. The van der Waals surface area contributed by atoms with Crippen LogP contribution in [-0.4, -0.2) is 32.1 Å². The summed E-state index contributed by atoms with van der Waals surface area (Å²) < 4.78 is 33.1. The molecule has 1 saturated heterocycles. The normalized spacial score (nSPS) is 25.1. The average molecular weight is 380 g/mol. The molecule has 1 fully saturated rings. The first-order valence-electron chi connectivity index (χ1n) is 10.6. The maximum absolute atomic E-state index is 14.2. The molecular formula is C21H23FN6. The topological polar surface area (TPSA) is 58.4 Å². The van der Waals surface area contributed by atoms with Crippen LogP contribution in [0.1, 0.15) is 51.8 Å². The molecule has 5 heterocycles. The summed E-state index contributed by atoms with van der Waals surface area (Å²) in [5.41, 5.74) is 3.63. The zero-order valence-electron chi connectivity index (χ0n) is 17.7. The Morgan fingerprint density at radius 2 is 2.25 bits per heavy atom. The zero-order valence-corrected chi connectivity index (χ0v) is 15.7. The Morgan fingerprint density at radius 1 is 1.36 bits per heavy atom. The van der Waals surface area contributed by atoms with Gasteiger partial charge in [-0.2, -0.15) is 5.10 Å². The lowest BCUT2D eigenvalue weighted by Gasteiger charge is -2.27. The molecule has 3 aromatic heterocycles. The number of rotatable bonds is 0. The molecule has 2 bridgehead atoms. The van der Waals surface area contributed by atoms with Crippen molar-refractivity contribution >= 4 is 17.2 Å². The third-order valence-corrected chi connectivity index (χ3v) is 5.50. The molecule has 144 valence electrons. The van der Waals surface area contributed by atoms with E-state index in [0.717, 1.165) is 28.9 Å². The van der Waals surface area contributed by atoms with Crippen LogP contribution in [0.2, 0.25) is 0 Å². The summed E-state index contributed by atoms with van der Waals surface area (Å²) in [6, 6.07) is 3.03. The maximum Gasteiger partial charge on any atom is 0.166 e. The van der Waals surface area contributed by atoms with Crippen molar-refractivity contribution in [2.24, 2.45) is 0 Å². The van der Waals surface area contributed by atoms with E-state index in [1.165, 1.54) is 12.3 Å². The van der Waals surface area contributed by atoms with Crippen molar-refractivity contribution < 1.29 is 7.13 Å². The van der Waals surface area contributed by atoms with E-state index in [9.17, 15) is 4.39 Å². The van der Waals surface area contributed by atoms with Gasteiger partial charge in [0.05, 0.1) is 24.0 Å². The molecule has 28 heavy (non-hydrogen) atoms. The van der Waals surface area contributed by atoms with Crippen molar-refractivity contribution in [2.45, 2.75) is 44.7 Å². The number of pyridine rings is 1. The van der Waals surface area contributed by atoms with Crippen LogP contribution >= 0.6 is 0 Å². The Bertz CT molecular complexity index is 1140. The quantitative estimate of drug-likeness (QED) is 0.647. The highest BCUT2D eigenvalue weighted by Crippen LogP contribution is 2.37. The molecular weight excluding hydrogens is 355 g/mol. The number of nitrogens with one attached hydrogen (secondary N) is 1. The fraction of sp³-hybridized carbons (Fsp3) is 0.381. The van der Waals surface area contributed by atoms with Crippen molar-refractivity contribution in [3.8, 4) is 0 Å². The van der Waals surface area contributed by atoms with Gasteiger partial charge in [-0.3, -0.25) is 4.98 Å². The van der Waals surface area contributed by atoms with E-state index in [4.69, 9.17) is 7.73 Å². The zero-order chi connectivity index (χ0) is 21.0. The van der Waals surface area contributed by atoms with Gasteiger partial charge in [-0.05, 0) is 50.3 Å². The van der Waals surface area contributed by atoms with Crippen LogP contribution in [0.4, 0.5) is 10.2 Å². The third-order valence-electron chi connectivity index (χ3n) is 5.50. The molecule has 0 saturated carbocycles. The number of hydrogen-bond donors (Lipinski definition) is 1. The molecule has 0 aromatic carbocycles. The summed E-state index contributed by atoms with van der Waals surface area (Å²) in [5, 5.41) is 7.76. The van der Waals surface area contributed by atoms with Crippen LogP contribution < -0.4 is 10.2 Å². The van der Waals surface area contributed by atoms with E-state index in [1.807, 2.05) is 0 Å². The maximum atomic E-state index is 14.2. The van der Waals surface area contributed by atoms with Crippen molar-refractivity contribution in [3.05, 3.63) is 59.9 Å². The van der Waals surface area contributed by atoms with Crippen LogP contribution in [0.15, 0.2) is 37.3 Å². The fourth-order valence-corrected chi connectivity index (χ4v) is 4.08. The summed E-state index contributed by atoms with van der Waals surface area (Å²) in [4.78, 5) is 10.8. The summed E-state index contributed by atoms with van der Waals surface area (Å²) in [6.45, 7) is 4.62. The Hall–Kier alpha value is -2.96. The lowest BCUT2D eigenvalue weighted by atomic mass is 9.98. The minimum atomic E-state index is -1.61. The predicted molar refractivity (Wildman–Crippen MR) is 106 cm³/mol. The molecule has 1 N–H and O–H groups in total. The molecule has 7 heteroatoms. The van der Waals surface area contributed by atoms with Gasteiger partial charge in [0.15, 0.2) is 5.65 Å². The second-order valence-corrected chi connectivity index (χ2v) is 7.45. The smallest absolute Gasteiger partial charge is 0.166 e. The van der Waals surface area contributed by atoms with Crippen molar-refractivity contribution in [3.63, 3.8) is 0 Å². The average Bonchev–Trinajstić information content (AvgIpc) is 3.26. The minimum absolute atomic E-state index is 0.113. The van der Waals surface area contributed by atoms with Crippen LogP contribution in [0.5, 0.6) is 0 Å². The SMILES string of the molecule is [2H]C1([2H])CCC2c3cc(F)cnc3CC[C@@H](C)NC(=C)c3cnn4ccc(nc34)N21. The standard InChI is InChI=1S/C21H23FN6/c1-13-5-6-18-16(10-15(22)11-23-18)19-4-3-8-27(19)20-7-9-28-21(26-20)17(12-24-28)14(2)25-13/h7,9-13,19,25H,2-6,8H2,1H3/t13-,19?/m1/s1/i8D2. The molecule has 3 aromatic rings. The van der Waals surface area contributed by atoms with Crippen LogP contribution in [0.3, 0.4) is 0 Å². The van der Waals surface area contributed by atoms with E-state index in [2.05, 4.69) is 28.9 Å². The molecule has 6 nitrogen and oxygen atoms in total. The van der Waals surface area contributed by atoms with E-state index in [0.29, 0.717) is 30.7 Å². The number of aromatic nitrogens is 4. The van der Waals surface area contributed by atoms with Gasteiger partial charge >= 0.3 is 0 Å². The largest absolute Gasteiger partial charge is 0.382 e. The van der Waals surface area contributed by atoms with E-state index < -0.39 is 12.3 Å². The summed E-state index contributed by atoms with van der Waals surface area (Å²) >= 11 is 0. The van der Waals surface area contributed by atoms with Gasteiger partial charge in [-0.1, -0.05) is 6.58 Å². The van der Waals surface area contributed by atoms with Gasteiger partial charge in [0, 0.05) is 32.9 Å². The number of nitrogens with zero attached hydrogens (tertiary/aromatic N) is 5. The first kappa shape index (κ1) is 15.0. The molecule has 0 spiro atoms. The highest BCUT2D eigenvalue weighted by molar-refractivity contribution is 5.74. The Labute approximate surface area is 165 Å². The number of halogens is 1. The summed E-state index contributed by atoms with van der Waals surface area (Å²) in [6.07, 6.45) is 7.05. The van der Waals surface area contributed by atoms with Crippen LogP contribution in [-0.2, 0) is 6.42 Å². The van der Waals surface area contributed by atoms with Gasteiger partial charge < -0.3 is 10.2 Å². The van der Waals surface area contributed by atoms with E-state index in [-0.39, 0.29) is 12.1 Å². The Balaban J connectivity index is 1.74. The van der Waals surface area contributed by atoms with Gasteiger partial charge in [0.2, 0.25) is 0 Å². The van der Waals surface area contributed by atoms with Crippen LogP contribution in [0.25, 0.3) is 11.3 Å². The van der Waals surface area contributed by atoms with Crippen molar-refractivity contribution in [2.75, 3.05) is 11.4 Å². The highest BCUT2D eigenvalue weighted by Gasteiger charge is 2.30. The number of aryl methyl sites for hydroxylation is 1. The van der Waals surface area contributed by atoms with Gasteiger partial charge in [0.1, 0.15) is 11.6 Å². The molecule has 1 unspecified atom stereocenters. The fourth-order valence-electron chi connectivity index (χ4n) is 4.08. The second kappa shape index (κ2) is 6.58. The molecule has 0 aliphatic carbocycles.